The molecule has 1 aliphatic rings. The Kier molecular flexibility index (Phi) is 4.13. The zero-order chi connectivity index (χ0) is 16.0. The number of anilines is 1. The van der Waals surface area contributed by atoms with Gasteiger partial charge in [0.25, 0.3) is 0 Å². The van der Waals surface area contributed by atoms with Gasteiger partial charge < -0.3 is 14.5 Å². The van der Waals surface area contributed by atoms with Gasteiger partial charge in [-0.3, -0.25) is 0 Å². The quantitative estimate of drug-likeness (QED) is 0.755. The van der Waals surface area contributed by atoms with Crippen LogP contribution in [0.25, 0.3) is 10.9 Å². The van der Waals surface area contributed by atoms with Crippen LogP contribution >= 0.6 is 27.5 Å². The van der Waals surface area contributed by atoms with Crippen LogP contribution in [-0.2, 0) is 0 Å². The highest BCUT2D eigenvalue weighted by molar-refractivity contribution is 9.10. The Hall–Kier alpha value is -1.18. The molecule has 0 bridgehead atoms. The number of hydrogen-bond acceptors (Lipinski definition) is 5. The Balaban J connectivity index is 2.07. The van der Waals surface area contributed by atoms with Gasteiger partial charge in [0, 0.05) is 19.1 Å². The van der Waals surface area contributed by atoms with Crippen molar-refractivity contribution in [3.05, 3.63) is 21.4 Å². The summed E-state index contributed by atoms with van der Waals surface area (Å²) < 4.78 is 19.9. The SMILES string of the molecule is COc1nc(N2CC(N(C)C)C2)nc2c(F)c(Br)c(Cl)cc12. The number of likely N-dealkylation sites (N-methyl/N-ethyl adjacent to an activating group) is 1. The maximum atomic E-state index is 14.4. The van der Waals surface area contributed by atoms with Crippen LogP contribution in [0.5, 0.6) is 5.88 Å². The van der Waals surface area contributed by atoms with Gasteiger partial charge in [-0.15, -0.1) is 0 Å². The second-order valence-electron chi connectivity index (χ2n) is 5.44. The summed E-state index contributed by atoms with van der Waals surface area (Å²) in [4.78, 5) is 12.9. The summed E-state index contributed by atoms with van der Waals surface area (Å²) in [6.45, 7) is 1.61. The molecule has 0 N–H and O–H groups in total. The highest BCUT2D eigenvalue weighted by Crippen LogP contribution is 2.36. The van der Waals surface area contributed by atoms with Crippen molar-refractivity contribution in [2.24, 2.45) is 0 Å². The largest absolute Gasteiger partial charge is 0.480 e. The van der Waals surface area contributed by atoms with E-state index in [4.69, 9.17) is 16.3 Å². The molecule has 0 spiro atoms. The lowest BCUT2D eigenvalue weighted by molar-refractivity contribution is 0.244. The number of ether oxygens (including phenoxy) is 1. The lowest BCUT2D eigenvalue weighted by Crippen LogP contribution is -2.58. The molecule has 1 saturated heterocycles. The second-order valence-corrected chi connectivity index (χ2v) is 6.64. The van der Waals surface area contributed by atoms with Crippen molar-refractivity contribution in [2.45, 2.75) is 6.04 Å². The molecule has 0 aliphatic carbocycles. The van der Waals surface area contributed by atoms with Gasteiger partial charge in [0.15, 0.2) is 5.82 Å². The molecule has 0 radical (unpaired) electrons. The molecule has 0 unspecified atom stereocenters. The van der Waals surface area contributed by atoms with Crippen molar-refractivity contribution >= 4 is 44.4 Å². The molecule has 2 heterocycles. The van der Waals surface area contributed by atoms with Gasteiger partial charge >= 0.3 is 0 Å². The molecule has 1 aromatic carbocycles. The fourth-order valence-electron chi connectivity index (χ4n) is 2.38. The first-order valence-corrected chi connectivity index (χ1v) is 7.90. The smallest absolute Gasteiger partial charge is 0.229 e. The monoisotopic (exact) mass is 388 g/mol. The number of hydrogen-bond donors (Lipinski definition) is 0. The van der Waals surface area contributed by atoms with E-state index >= 15 is 0 Å². The van der Waals surface area contributed by atoms with Crippen LogP contribution in [0.1, 0.15) is 0 Å². The summed E-state index contributed by atoms with van der Waals surface area (Å²) in [5.41, 5.74) is 0.200. The Morgan fingerprint density at radius 3 is 2.68 bits per heavy atom. The predicted molar refractivity (Wildman–Crippen MR) is 88.4 cm³/mol. The first kappa shape index (κ1) is 15.7. The number of halogens is 3. The van der Waals surface area contributed by atoms with Crippen molar-refractivity contribution in [3.63, 3.8) is 0 Å². The number of aromatic nitrogens is 2. The zero-order valence-corrected chi connectivity index (χ0v) is 14.7. The molecule has 8 heteroatoms. The normalized spacial score (nSPS) is 15.5. The fraction of sp³-hybridized carbons (Fsp3) is 0.429. The van der Waals surface area contributed by atoms with Crippen LogP contribution in [0.3, 0.4) is 0 Å². The lowest BCUT2D eigenvalue weighted by Gasteiger charge is -2.42. The molecule has 118 valence electrons. The van der Waals surface area contributed by atoms with Gasteiger partial charge in [-0.05, 0) is 36.1 Å². The van der Waals surface area contributed by atoms with E-state index in [-0.39, 0.29) is 15.0 Å². The number of nitrogens with zero attached hydrogens (tertiary/aromatic N) is 4. The molecule has 1 fully saturated rings. The minimum Gasteiger partial charge on any atom is -0.480 e. The van der Waals surface area contributed by atoms with Crippen LogP contribution in [0.15, 0.2) is 10.5 Å². The standard InChI is InChI=1S/C14H15BrClFN4O/c1-20(2)7-5-21(6-7)14-18-12-8(13(19-14)22-3)4-9(16)10(15)11(12)17/h4,7H,5-6H2,1-3H3. The van der Waals surface area contributed by atoms with E-state index in [2.05, 4.69) is 30.8 Å². The van der Waals surface area contributed by atoms with Gasteiger partial charge in [0.05, 0.1) is 22.0 Å². The number of rotatable bonds is 3. The third-order valence-electron chi connectivity index (χ3n) is 3.85. The van der Waals surface area contributed by atoms with E-state index in [9.17, 15) is 4.39 Å². The molecule has 2 aromatic rings. The minimum absolute atomic E-state index is 0.197. The third kappa shape index (κ3) is 2.51. The van der Waals surface area contributed by atoms with Gasteiger partial charge in [-0.1, -0.05) is 11.6 Å². The summed E-state index contributed by atoms with van der Waals surface area (Å²) in [5, 5.41) is 0.720. The topological polar surface area (TPSA) is 41.5 Å². The number of methoxy groups -OCH3 is 1. The van der Waals surface area contributed by atoms with Crippen LogP contribution < -0.4 is 9.64 Å². The maximum Gasteiger partial charge on any atom is 0.229 e. The average Bonchev–Trinajstić information content (AvgIpc) is 2.43. The van der Waals surface area contributed by atoms with Crippen LogP contribution in [0.2, 0.25) is 5.02 Å². The number of fused-ring (bicyclic) bond motifs is 1. The molecular weight excluding hydrogens is 375 g/mol. The van der Waals surface area contributed by atoms with E-state index in [0.717, 1.165) is 13.1 Å². The van der Waals surface area contributed by atoms with Crippen molar-refractivity contribution in [1.82, 2.24) is 14.9 Å². The molecule has 0 amide bonds. The predicted octanol–water partition coefficient (Wildman–Crippen LogP) is 2.94. The van der Waals surface area contributed by atoms with Crippen molar-refractivity contribution in [1.29, 1.82) is 0 Å². The highest BCUT2D eigenvalue weighted by Gasteiger charge is 2.31. The van der Waals surface area contributed by atoms with Crippen LogP contribution in [0, 0.1) is 5.82 Å². The Morgan fingerprint density at radius 2 is 2.09 bits per heavy atom. The van der Waals surface area contributed by atoms with Crippen LogP contribution in [0.4, 0.5) is 10.3 Å². The highest BCUT2D eigenvalue weighted by atomic mass is 79.9. The van der Waals surface area contributed by atoms with E-state index < -0.39 is 5.82 Å². The van der Waals surface area contributed by atoms with E-state index in [1.807, 2.05) is 19.0 Å². The molecule has 1 aromatic heterocycles. The van der Waals surface area contributed by atoms with Crippen molar-refractivity contribution in [3.8, 4) is 5.88 Å². The molecule has 0 saturated carbocycles. The first-order chi connectivity index (χ1) is 10.4. The minimum atomic E-state index is -0.505. The molecule has 1 aliphatic heterocycles. The summed E-state index contributed by atoms with van der Waals surface area (Å²) in [5.74, 6) is 0.284. The Bertz CT molecular complexity index is 737. The fourth-order valence-corrected chi connectivity index (χ4v) is 2.87. The van der Waals surface area contributed by atoms with Gasteiger partial charge in [-0.25, -0.2) is 9.37 Å². The van der Waals surface area contributed by atoms with E-state index in [1.165, 1.54) is 7.11 Å². The zero-order valence-electron chi connectivity index (χ0n) is 12.4. The molecule has 3 rings (SSSR count). The van der Waals surface area contributed by atoms with Crippen molar-refractivity contribution in [2.75, 3.05) is 39.2 Å². The molecule has 5 nitrogen and oxygen atoms in total. The molecule has 22 heavy (non-hydrogen) atoms. The van der Waals surface area contributed by atoms with E-state index in [0.29, 0.717) is 23.3 Å². The number of benzene rings is 1. The Labute approximate surface area is 141 Å². The summed E-state index contributed by atoms with van der Waals surface area (Å²) >= 11 is 9.14. The molecule has 0 atom stereocenters. The maximum absolute atomic E-state index is 14.4. The Morgan fingerprint density at radius 1 is 1.41 bits per heavy atom. The summed E-state index contributed by atoms with van der Waals surface area (Å²) in [7, 11) is 5.56. The van der Waals surface area contributed by atoms with Gasteiger partial charge in [0.1, 0.15) is 5.52 Å². The third-order valence-corrected chi connectivity index (χ3v) is 5.15. The average molecular weight is 390 g/mol. The lowest BCUT2D eigenvalue weighted by atomic mass is 10.1. The summed E-state index contributed by atoms with van der Waals surface area (Å²) in [6.07, 6.45) is 0. The molecular formula is C14H15BrClFN4O. The summed E-state index contributed by atoms with van der Waals surface area (Å²) in [6, 6.07) is 2.05. The van der Waals surface area contributed by atoms with Crippen LogP contribution in [-0.4, -0.2) is 55.2 Å². The van der Waals surface area contributed by atoms with Crippen molar-refractivity contribution < 1.29 is 9.13 Å². The van der Waals surface area contributed by atoms with E-state index in [1.54, 1.807) is 6.07 Å². The van der Waals surface area contributed by atoms with Gasteiger partial charge in [0.2, 0.25) is 11.8 Å². The first-order valence-electron chi connectivity index (χ1n) is 6.73. The second kappa shape index (κ2) is 5.79. The van der Waals surface area contributed by atoms with Gasteiger partial charge in [-0.2, -0.15) is 4.98 Å².